The molecule has 1 aromatic carbocycles. The number of allylic oxidation sites excluding steroid dienone is 1. The van der Waals surface area contributed by atoms with Crippen LogP contribution >= 0.6 is 0 Å². The van der Waals surface area contributed by atoms with Gasteiger partial charge in [-0.05, 0) is 16.5 Å². The summed E-state index contributed by atoms with van der Waals surface area (Å²) >= 11 is 0. The molecule has 0 bridgehead atoms. The van der Waals surface area contributed by atoms with Gasteiger partial charge < -0.3 is 0 Å². The topological polar surface area (TPSA) is 49.1 Å². The van der Waals surface area contributed by atoms with Crippen molar-refractivity contribution >= 4 is 5.71 Å². The van der Waals surface area contributed by atoms with E-state index in [1.54, 1.807) is 6.20 Å². The van der Waals surface area contributed by atoms with Crippen LogP contribution in [0.15, 0.2) is 58.2 Å². The third-order valence-electron chi connectivity index (χ3n) is 1.64. The molecular weight excluding hydrogens is 164 g/mol. The van der Waals surface area contributed by atoms with E-state index in [4.69, 9.17) is 0 Å². The molecule has 1 aromatic rings. The Morgan fingerprint density at radius 3 is 2.77 bits per heavy atom. The summed E-state index contributed by atoms with van der Waals surface area (Å²) in [6, 6.07) is 9.83. The monoisotopic (exact) mass is 172 g/mol. The normalized spacial score (nSPS) is 14.6. The summed E-state index contributed by atoms with van der Waals surface area (Å²) in [4.78, 5) is 0. The first-order chi connectivity index (χ1) is 6.47. The van der Waals surface area contributed by atoms with Crippen molar-refractivity contribution in [2.75, 3.05) is 0 Å². The molecule has 0 unspecified atom stereocenters. The second-order valence-electron chi connectivity index (χ2n) is 2.50. The van der Waals surface area contributed by atoms with E-state index in [0.717, 1.165) is 11.3 Å². The van der Waals surface area contributed by atoms with Crippen molar-refractivity contribution in [3.63, 3.8) is 0 Å². The zero-order valence-electron chi connectivity index (χ0n) is 6.88. The summed E-state index contributed by atoms with van der Waals surface area (Å²) in [5.74, 6) is 0. The fourth-order valence-electron chi connectivity index (χ4n) is 1.04. The van der Waals surface area contributed by atoms with E-state index in [-0.39, 0.29) is 0 Å². The molecule has 0 aromatic heterocycles. The van der Waals surface area contributed by atoms with E-state index in [2.05, 4.69) is 21.0 Å². The van der Waals surface area contributed by atoms with Crippen molar-refractivity contribution < 1.29 is 0 Å². The van der Waals surface area contributed by atoms with Crippen molar-refractivity contribution in [1.29, 1.82) is 0 Å². The lowest BCUT2D eigenvalue weighted by Gasteiger charge is -1.95. The van der Waals surface area contributed by atoms with Gasteiger partial charge in [-0.1, -0.05) is 30.3 Å². The number of benzene rings is 1. The molecule has 0 fully saturated rings. The maximum atomic E-state index is 3.92. The molecule has 4 heteroatoms. The molecule has 0 aliphatic carbocycles. The average Bonchev–Trinajstić information content (AvgIpc) is 2.47. The van der Waals surface area contributed by atoms with Gasteiger partial charge in [-0.25, -0.2) is 0 Å². The third-order valence-corrected chi connectivity index (χ3v) is 1.64. The Balaban J connectivity index is 2.36. The Morgan fingerprint density at radius 1 is 1.08 bits per heavy atom. The number of hydrogen-bond donors (Lipinski definition) is 1. The van der Waals surface area contributed by atoms with Crippen LogP contribution in [0, 0.1) is 0 Å². The summed E-state index contributed by atoms with van der Waals surface area (Å²) in [6.07, 6.45) is 3.53. The first-order valence-corrected chi connectivity index (χ1v) is 3.92. The van der Waals surface area contributed by atoms with Crippen molar-refractivity contribution in [2.45, 2.75) is 0 Å². The van der Waals surface area contributed by atoms with Crippen LogP contribution in [-0.4, -0.2) is 5.71 Å². The molecule has 0 radical (unpaired) electrons. The molecule has 0 saturated heterocycles. The van der Waals surface area contributed by atoms with Gasteiger partial charge in [0.05, 0.1) is 5.71 Å². The molecule has 0 saturated carbocycles. The van der Waals surface area contributed by atoms with Gasteiger partial charge in [0, 0.05) is 11.8 Å². The van der Waals surface area contributed by atoms with Gasteiger partial charge >= 0.3 is 0 Å². The molecule has 13 heavy (non-hydrogen) atoms. The van der Waals surface area contributed by atoms with Gasteiger partial charge in [-0.3, -0.25) is 5.43 Å². The lowest BCUT2D eigenvalue weighted by Crippen LogP contribution is -1.96. The molecule has 1 aliphatic rings. The average molecular weight is 172 g/mol. The highest BCUT2D eigenvalue weighted by atomic mass is 15.5. The Hall–Kier alpha value is -1.97. The van der Waals surface area contributed by atoms with Crippen LogP contribution in [0.1, 0.15) is 5.56 Å². The summed E-state index contributed by atoms with van der Waals surface area (Å²) in [7, 11) is 0. The second-order valence-corrected chi connectivity index (χ2v) is 2.50. The first kappa shape index (κ1) is 7.67. The lowest BCUT2D eigenvalue weighted by molar-refractivity contribution is 0.833. The second kappa shape index (κ2) is 3.62. The van der Waals surface area contributed by atoms with Crippen LogP contribution in [-0.2, 0) is 0 Å². The van der Waals surface area contributed by atoms with E-state index in [1.165, 1.54) is 0 Å². The highest BCUT2D eigenvalue weighted by molar-refractivity contribution is 6.08. The van der Waals surface area contributed by atoms with Gasteiger partial charge in [-0.2, -0.15) is 0 Å². The van der Waals surface area contributed by atoms with Gasteiger partial charge in [0.1, 0.15) is 0 Å². The molecule has 0 spiro atoms. The Bertz CT molecular complexity index is 364. The van der Waals surface area contributed by atoms with Gasteiger partial charge in [0.15, 0.2) is 0 Å². The minimum absolute atomic E-state index is 0.800. The third kappa shape index (κ3) is 1.79. The van der Waals surface area contributed by atoms with Crippen LogP contribution in [0.25, 0.3) is 0 Å². The standard InChI is InChI=1S/C9H8N4/c1-2-4-8(5-3-1)9-6-7-10-12-13-11-9/h1-7H,(H,10,13). The molecular formula is C9H8N4. The van der Waals surface area contributed by atoms with Crippen LogP contribution in [0.4, 0.5) is 0 Å². The van der Waals surface area contributed by atoms with Crippen molar-refractivity contribution in [3.8, 4) is 0 Å². The maximum absolute atomic E-state index is 3.92. The van der Waals surface area contributed by atoms with E-state index in [0.29, 0.717) is 0 Å². The molecule has 0 amide bonds. The molecule has 0 atom stereocenters. The fraction of sp³-hybridized carbons (Fsp3) is 0. The number of rotatable bonds is 1. The Labute approximate surface area is 75.7 Å². The molecule has 1 N–H and O–H groups in total. The molecule has 2 rings (SSSR count). The predicted octanol–water partition coefficient (Wildman–Crippen LogP) is 1.87. The number of nitrogens with one attached hydrogen (secondary N) is 1. The zero-order valence-corrected chi connectivity index (χ0v) is 6.88. The molecule has 1 heterocycles. The van der Waals surface area contributed by atoms with Crippen LogP contribution in [0.3, 0.4) is 0 Å². The Kier molecular flexibility index (Phi) is 2.14. The van der Waals surface area contributed by atoms with E-state index >= 15 is 0 Å². The minimum Gasteiger partial charge on any atom is -0.266 e. The molecule has 1 aliphatic heterocycles. The lowest BCUT2D eigenvalue weighted by atomic mass is 10.1. The van der Waals surface area contributed by atoms with Gasteiger partial charge in [0.25, 0.3) is 0 Å². The van der Waals surface area contributed by atoms with E-state index in [9.17, 15) is 0 Å². The largest absolute Gasteiger partial charge is 0.266 e. The first-order valence-electron chi connectivity index (χ1n) is 3.92. The highest BCUT2D eigenvalue weighted by Gasteiger charge is 1.98. The highest BCUT2D eigenvalue weighted by Crippen LogP contribution is 2.03. The van der Waals surface area contributed by atoms with Crippen molar-refractivity contribution in [1.82, 2.24) is 5.43 Å². The number of hydrogen-bond acceptors (Lipinski definition) is 4. The smallest absolute Gasteiger partial charge is 0.0962 e. The van der Waals surface area contributed by atoms with Gasteiger partial charge in [0.2, 0.25) is 0 Å². The Morgan fingerprint density at radius 2 is 1.92 bits per heavy atom. The summed E-state index contributed by atoms with van der Waals surface area (Å²) in [5, 5.41) is 11.0. The van der Waals surface area contributed by atoms with Crippen LogP contribution in [0.2, 0.25) is 0 Å². The SMILES string of the molecule is C1=CC(c2ccccc2)=NN=NN1. The molecule has 4 nitrogen and oxygen atoms in total. The van der Waals surface area contributed by atoms with Gasteiger partial charge in [-0.15, -0.1) is 5.10 Å². The molecule has 64 valence electrons. The summed E-state index contributed by atoms with van der Waals surface area (Å²) < 4.78 is 0. The summed E-state index contributed by atoms with van der Waals surface area (Å²) in [5.41, 5.74) is 4.44. The van der Waals surface area contributed by atoms with E-state index < -0.39 is 0 Å². The van der Waals surface area contributed by atoms with Crippen LogP contribution < -0.4 is 5.43 Å². The quantitative estimate of drug-likeness (QED) is 0.690. The van der Waals surface area contributed by atoms with Crippen LogP contribution in [0.5, 0.6) is 0 Å². The fourth-order valence-corrected chi connectivity index (χ4v) is 1.04. The zero-order chi connectivity index (χ0) is 8.93. The van der Waals surface area contributed by atoms with Crippen molar-refractivity contribution in [3.05, 3.63) is 48.2 Å². The number of nitrogens with zero attached hydrogens (tertiary/aromatic N) is 3. The predicted molar refractivity (Wildman–Crippen MR) is 50.1 cm³/mol. The maximum Gasteiger partial charge on any atom is 0.0962 e. The van der Waals surface area contributed by atoms with Crippen molar-refractivity contribution in [2.24, 2.45) is 15.5 Å². The van der Waals surface area contributed by atoms with E-state index in [1.807, 2.05) is 36.4 Å². The minimum atomic E-state index is 0.800. The summed E-state index contributed by atoms with van der Waals surface area (Å²) in [6.45, 7) is 0.